The molecule has 7 heteroatoms. The second-order valence-electron chi connectivity index (χ2n) is 5.65. The van der Waals surface area contributed by atoms with Gasteiger partial charge < -0.3 is 4.98 Å². The first-order chi connectivity index (χ1) is 11.9. The van der Waals surface area contributed by atoms with Gasteiger partial charge in [-0.25, -0.2) is 18.5 Å². The predicted octanol–water partition coefficient (Wildman–Crippen LogP) is 2.39. The summed E-state index contributed by atoms with van der Waals surface area (Å²) in [6, 6.07) is 15.4. The van der Waals surface area contributed by atoms with Crippen LogP contribution in [0.4, 0.5) is 0 Å². The van der Waals surface area contributed by atoms with Crippen molar-refractivity contribution >= 4 is 31.8 Å². The molecule has 4 aromatic rings. The number of pyridine rings is 2. The number of hydrogen-bond acceptors (Lipinski definition) is 4. The average Bonchev–Trinajstić information content (AvgIpc) is 2.61. The molecular weight excluding hydrogens is 338 g/mol. The molecule has 0 bridgehead atoms. The average molecular weight is 351 g/mol. The van der Waals surface area contributed by atoms with Crippen LogP contribution in [-0.2, 0) is 10.0 Å². The summed E-state index contributed by atoms with van der Waals surface area (Å²) in [5.74, 6) is 0. The summed E-state index contributed by atoms with van der Waals surface area (Å²) in [4.78, 5) is 19.3. The van der Waals surface area contributed by atoms with Gasteiger partial charge in [0.25, 0.3) is 5.56 Å². The van der Waals surface area contributed by atoms with Crippen molar-refractivity contribution in [3.8, 4) is 11.1 Å². The lowest BCUT2D eigenvalue weighted by Gasteiger charge is -2.09. The van der Waals surface area contributed by atoms with Crippen LogP contribution in [0, 0.1) is 0 Å². The smallest absolute Gasteiger partial charge is 0.257 e. The van der Waals surface area contributed by atoms with Crippen molar-refractivity contribution in [3.05, 3.63) is 71.1 Å². The number of rotatable bonds is 2. The van der Waals surface area contributed by atoms with E-state index in [9.17, 15) is 13.2 Å². The number of hydrogen-bond donors (Lipinski definition) is 2. The van der Waals surface area contributed by atoms with Gasteiger partial charge in [0, 0.05) is 17.0 Å². The molecule has 2 aromatic carbocycles. The molecule has 0 amide bonds. The molecule has 25 heavy (non-hydrogen) atoms. The quantitative estimate of drug-likeness (QED) is 0.541. The molecule has 2 heterocycles. The fraction of sp³-hybridized carbons (Fsp3) is 0. The number of H-pyrrole nitrogens is 1. The summed E-state index contributed by atoms with van der Waals surface area (Å²) >= 11 is 0. The molecular formula is C18H13N3O3S. The third kappa shape index (κ3) is 2.59. The lowest BCUT2D eigenvalue weighted by Crippen LogP contribution is -2.11. The zero-order valence-corrected chi connectivity index (χ0v) is 13.7. The maximum atomic E-state index is 12.2. The Morgan fingerprint density at radius 2 is 1.60 bits per heavy atom. The molecule has 4 rings (SSSR count). The summed E-state index contributed by atoms with van der Waals surface area (Å²) < 4.78 is 22.9. The molecule has 0 saturated heterocycles. The molecule has 0 radical (unpaired) electrons. The second kappa shape index (κ2) is 5.51. The molecule has 0 aliphatic rings. The molecule has 124 valence electrons. The highest BCUT2D eigenvalue weighted by Crippen LogP contribution is 2.31. The number of fused-ring (bicyclic) bond motifs is 3. The molecule has 0 aliphatic heterocycles. The number of aromatic nitrogens is 2. The zero-order chi connectivity index (χ0) is 17.6. The predicted molar refractivity (Wildman–Crippen MR) is 96.7 cm³/mol. The maximum Gasteiger partial charge on any atom is 0.257 e. The molecule has 6 nitrogen and oxygen atoms in total. The molecule has 0 saturated carbocycles. The van der Waals surface area contributed by atoms with E-state index in [1.165, 1.54) is 12.1 Å². The SMILES string of the molecule is NS(=O)(=O)c1ccc(-c2ccnc3[nH]c(=O)c4ccccc4c23)cc1. The van der Waals surface area contributed by atoms with E-state index < -0.39 is 10.0 Å². The Morgan fingerprint density at radius 3 is 2.28 bits per heavy atom. The Morgan fingerprint density at radius 1 is 0.920 bits per heavy atom. The lowest BCUT2D eigenvalue weighted by molar-refractivity contribution is 0.598. The number of nitrogens with zero attached hydrogens (tertiary/aromatic N) is 1. The number of nitrogens with two attached hydrogens (primary N) is 1. The Balaban J connectivity index is 2.06. The van der Waals surface area contributed by atoms with Gasteiger partial charge in [-0.2, -0.15) is 0 Å². The number of sulfonamides is 1. The Bertz CT molecular complexity index is 1280. The van der Waals surface area contributed by atoms with Crippen LogP contribution >= 0.6 is 0 Å². The maximum absolute atomic E-state index is 12.2. The van der Waals surface area contributed by atoms with Crippen molar-refractivity contribution in [1.29, 1.82) is 0 Å². The van der Waals surface area contributed by atoms with Crippen LogP contribution in [0.1, 0.15) is 0 Å². The van der Waals surface area contributed by atoms with E-state index in [1.54, 1.807) is 30.5 Å². The molecule has 0 unspecified atom stereocenters. The van der Waals surface area contributed by atoms with E-state index in [1.807, 2.05) is 18.2 Å². The normalized spacial score (nSPS) is 11.9. The minimum Gasteiger partial charge on any atom is -0.306 e. The first kappa shape index (κ1) is 15.5. The lowest BCUT2D eigenvalue weighted by atomic mass is 9.99. The van der Waals surface area contributed by atoms with Gasteiger partial charge >= 0.3 is 0 Å². The highest BCUT2D eigenvalue weighted by Gasteiger charge is 2.12. The Kier molecular flexibility index (Phi) is 3.41. The Labute approximate surface area is 143 Å². The second-order valence-corrected chi connectivity index (χ2v) is 7.21. The highest BCUT2D eigenvalue weighted by atomic mass is 32.2. The van der Waals surface area contributed by atoms with Crippen LogP contribution in [0.3, 0.4) is 0 Å². The first-order valence-corrected chi connectivity index (χ1v) is 9.03. The monoisotopic (exact) mass is 351 g/mol. The van der Waals surface area contributed by atoms with Gasteiger partial charge in [0.15, 0.2) is 0 Å². The van der Waals surface area contributed by atoms with Crippen molar-refractivity contribution < 1.29 is 8.42 Å². The van der Waals surface area contributed by atoms with Crippen molar-refractivity contribution in [1.82, 2.24) is 9.97 Å². The summed E-state index contributed by atoms with van der Waals surface area (Å²) in [6.07, 6.45) is 1.61. The van der Waals surface area contributed by atoms with Gasteiger partial charge in [0.2, 0.25) is 10.0 Å². The third-order valence-corrected chi connectivity index (χ3v) is 5.05. The van der Waals surface area contributed by atoms with Gasteiger partial charge in [-0.1, -0.05) is 30.3 Å². The minimum atomic E-state index is -3.74. The zero-order valence-electron chi connectivity index (χ0n) is 12.9. The number of aromatic amines is 1. The third-order valence-electron chi connectivity index (χ3n) is 4.12. The van der Waals surface area contributed by atoms with Crippen LogP contribution in [-0.4, -0.2) is 18.4 Å². The van der Waals surface area contributed by atoms with Crippen LogP contribution in [0.2, 0.25) is 0 Å². The van der Waals surface area contributed by atoms with Crippen LogP contribution in [0.15, 0.2) is 70.5 Å². The van der Waals surface area contributed by atoms with E-state index >= 15 is 0 Å². The van der Waals surface area contributed by atoms with Gasteiger partial charge in [-0.15, -0.1) is 0 Å². The van der Waals surface area contributed by atoms with Gasteiger partial charge in [-0.3, -0.25) is 4.79 Å². The topological polar surface area (TPSA) is 106 Å². The van der Waals surface area contributed by atoms with Crippen LogP contribution in [0.5, 0.6) is 0 Å². The van der Waals surface area contributed by atoms with E-state index in [2.05, 4.69) is 9.97 Å². The molecule has 0 fully saturated rings. The molecule has 0 spiro atoms. The van der Waals surface area contributed by atoms with Gasteiger partial charge in [0.05, 0.1) is 4.90 Å². The summed E-state index contributed by atoms with van der Waals surface area (Å²) in [5, 5.41) is 7.32. The fourth-order valence-corrected chi connectivity index (χ4v) is 3.48. The van der Waals surface area contributed by atoms with E-state index in [4.69, 9.17) is 5.14 Å². The van der Waals surface area contributed by atoms with E-state index in [-0.39, 0.29) is 10.5 Å². The summed E-state index contributed by atoms with van der Waals surface area (Å²) in [6.45, 7) is 0. The Hall–Kier alpha value is -3.03. The molecule has 0 atom stereocenters. The standard InChI is InChI=1S/C18H13N3O3S/c19-25(23,24)12-7-5-11(6-8-12)13-9-10-20-17-16(13)14-3-1-2-4-15(14)18(22)21-17/h1-10H,(H2,19,23,24)(H,20,21,22). The molecule has 0 aliphatic carbocycles. The summed E-state index contributed by atoms with van der Waals surface area (Å²) in [7, 11) is -3.74. The number of benzene rings is 2. The van der Waals surface area contributed by atoms with E-state index in [0.717, 1.165) is 21.9 Å². The van der Waals surface area contributed by atoms with Crippen molar-refractivity contribution in [2.75, 3.05) is 0 Å². The number of primary sulfonamides is 1. The van der Waals surface area contributed by atoms with Gasteiger partial charge in [-0.05, 0) is 40.8 Å². The van der Waals surface area contributed by atoms with Crippen molar-refractivity contribution in [2.45, 2.75) is 4.90 Å². The molecule has 3 N–H and O–H groups in total. The van der Waals surface area contributed by atoms with Crippen LogP contribution in [0.25, 0.3) is 32.9 Å². The largest absolute Gasteiger partial charge is 0.306 e. The van der Waals surface area contributed by atoms with Crippen molar-refractivity contribution in [3.63, 3.8) is 0 Å². The fourth-order valence-electron chi connectivity index (χ4n) is 2.97. The summed E-state index contributed by atoms with van der Waals surface area (Å²) in [5.41, 5.74) is 1.93. The minimum absolute atomic E-state index is 0.0490. The van der Waals surface area contributed by atoms with Gasteiger partial charge in [0.1, 0.15) is 5.65 Å². The molecule has 2 aromatic heterocycles. The van der Waals surface area contributed by atoms with Crippen molar-refractivity contribution in [2.24, 2.45) is 5.14 Å². The van der Waals surface area contributed by atoms with E-state index in [0.29, 0.717) is 11.0 Å². The number of nitrogens with one attached hydrogen (secondary N) is 1. The van der Waals surface area contributed by atoms with Crippen LogP contribution < -0.4 is 10.7 Å². The highest BCUT2D eigenvalue weighted by molar-refractivity contribution is 7.89. The first-order valence-electron chi connectivity index (χ1n) is 7.48.